The van der Waals surface area contributed by atoms with Crippen molar-refractivity contribution in [2.24, 2.45) is 5.92 Å². The number of fused-ring (bicyclic) bond motifs is 1. The molecule has 3 nitrogen and oxygen atoms in total. The summed E-state index contributed by atoms with van der Waals surface area (Å²) in [7, 11) is 0. The summed E-state index contributed by atoms with van der Waals surface area (Å²) in [5.41, 5.74) is 2.94. The average Bonchev–Trinajstić information content (AvgIpc) is 2.54. The van der Waals surface area contributed by atoms with Crippen LogP contribution in [0.15, 0.2) is 18.2 Å². The van der Waals surface area contributed by atoms with Crippen LogP contribution in [0.1, 0.15) is 59.6 Å². The Morgan fingerprint density at radius 1 is 1.20 bits per heavy atom. The van der Waals surface area contributed by atoms with Crippen LogP contribution in [-0.2, 0) is 11.2 Å². The maximum absolute atomic E-state index is 12.7. The van der Waals surface area contributed by atoms with E-state index < -0.39 is 0 Å². The second-order valence-corrected chi connectivity index (χ2v) is 5.95. The Kier molecular flexibility index (Phi) is 3.97. The zero-order chi connectivity index (χ0) is 13.9. The first-order chi connectivity index (χ1) is 9.79. The lowest BCUT2D eigenvalue weighted by molar-refractivity contribution is -0.126. The lowest BCUT2D eigenvalue weighted by Gasteiger charge is -2.30. The van der Waals surface area contributed by atoms with Crippen molar-refractivity contribution in [2.45, 2.75) is 44.6 Å². The summed E-state index contributed by atoms with van der Waals surface area (Å²) < 4.78 is 0. The van der Waals surface area contributed by atoms with Crippen LogP contribution in [0.3, 0.4) is 0 Å². The van der Waals surface area contributed by atoms with Crippen molar-refractivity contribution >= 4 is 12.1 Å². The van der Waals surface area contributed by atoms with E-state index in [4.69, 9.17) is 0 Å². The molecule has 106 valence electrons. The van der Waals surface area contributed by atoms with E-state index in [2.05, 4.69) is 5.32 Å². The molecular weight excluding hydrogens is 250 g/mol. The minimum Gasteiger partial charge on any atom is -0.303 e. The number of carbonyl (C=O) groups excluding carboxylic acids is 2. The molecule has 2 aliphatic rings. The number of hydrogen-bond acceptors (Lipinski definition) is 3. The van der Waals surface area contributed by atoms with Gasteiger partial charge in [-0.05, 0) is 36.5 Å². The molecule has 0 radical (unpaired) electrons. The molecule has 1 atom stereocenters. The average molecular weight is 271 g/mol. The third-order valence-corrected chi connectivity index (χ3v) is 4.65. The molecule has 0 spiro atoms. The van der Waals surface area contributed by atoms with Gasteiger partial charge in [0.1, 0.15) is 6.29 Å². The van der Waals surface area contributed by atoms with Crippen molar-refractivity contribution in [3.8, 4) is 0 Å². The van der Waals surface area contributed by atoms with Crippen molar-refractivity contribution in [3.05, 3.63) is 34.9 Å². The summed E-state index contributed by atoms with van der Waals surface area (Å²) in [5, 5.41) is 3.37. The summed E-state index contributed by atoms with van der Waals surface area (Å²) in [6.07, 6.45) is 7.48. The van der Waals surface area contributed by atoms with Crippen molar-refractivity contribution in [3.63, 3.8) is 0 Å². The Bertz CT molecular complexity index is 518. The number of nitrogens with one attached hydrogen (secondary N) is 1. The number of rotatable bonds is 3. The molecule has 1 N–H and O–H groups in total. The fourth-order valence-corrected chi connectivity index (χ4v) is 3.53. The summed E-state index contributed by atoms with van der Waals surface area (Å²) in [6, 6.07) is 5.54. The largest absolute Gasteiger partial charge is 0.303 e. The van der Waals surface area contributed by atoms with Crippen molar-refractivity contribution in [2.75, 3.05) is 6.54 Å². The van der Waals surface area contributed by atoms with E-state index in [1.54, 1.807) is 0 Å². The molecule has 3 rings (SSSR count). The van der Waals surface area contributed by atoms with Gasteiger partial charge in [0.05, 0.1) is 6.04 Å². The Morgan fingerprint density at radius 2 is 2.00 bits per heavy atom. The zero-order valence-corrected chi connectivity index (χ0v) is 11.7. The summed E-state index contributed by atoms with van der Waals surface area (Å²) in [5.74, 6) is 0.572. The van der Waals surface area contributed by atoms with Crippen LogP contribution in [0.2, 0.25) is 0 Å². The maximum atomic E-state index is 12.7. The van der Waals surface area contributed by atoms with Gasteiger partial charge in [0.2, 0.25) is 0 Å². The quantitative estimate of drug-likeness (QED) is 0.860. The smallest absolute Gasteiger partial charge is 0.157 e. The highest BCUT2D eigenvalue weighted by Gasteiger charge is 2.31. The van der Waals surface area contributed by atoms with Gasteiger partial charge in [0.15, 0.2) is 5.78 Å². The monoisotopic (exact) mass is 271 g/mol. The number of hydrogen-bond donors (Lipinski definition) is 1. The number of Topliss-reactive ketones (excluding diaryl/α,β-unsaturated/α-hetero) is 1. The van der Waals surface area contributed by atoms with Crippen LogP contribution in [-0.4, -0.2) is 18.6 Å². The molecule has 3 heteroatoms. The highest BCUT2D eigenvalue weighted by molar-refractivity contribution is 5.88. The Labute approximate surface area is 119 Å². The van der Waals surface area contributed by atoms with Crippen molar-refractivity contribution in [1.29, 1.82) is 0 Å². The molecule has 0 bridgehead atoms. The number of carbonyl (C=O) groups is 2. The third kappa shape index (κ3) is 2.55. The molecular formula is C17H21NO2. The normalized spacial score (nSPS) is 23.1. The van der Waals surface area contributed by atoms with Gasteiger partial charge in [-0.25, -0.2) is 0 Å². The van der Waals surface area contributed by atoms with Crippen LogP contribution in [0.4, 0.5) is 0 Å². The van der Waals surface area contributed by atoms with Crippen LogP contribution in [0.25, 0.3) is 0 Å². The Hall–Kier alpha value is -1.48. The van der Waals surface area contributed by atoms with Gasteiger partial charge >= 0.3 is 0 Å². The molecule has 1 aromatic carbocycles. The van der Waals surface area contributed by atoms with Gasteiger partial charge in [-0.3, -0.25) is 9.59 Å². The van der Waals surface area contributed by atoms with Gasteiger partial charge in [-0.15, -0.1) is 0 Å². The SMILES string of the molecule is O=Cc1ccc2c(c1)CCNC2C(=O)C1CCCCC1. The summed E-state index contributed by atoms with van der Waals surface area (Å²) >= 11 is 0. The molecule has 1 saturated carbocycles. The predicted octanol–water partition coefficient (Wildman–Crippen LogP) is 2.84. The fourth-order valence-electron chi connectivity index (χ4n) is 3.53. The van der Waals surface area contributed by atoms with Crippen molar-refractivity contribution < 1.29 is 9.59 Å². The number of aldehydes is 1. The van der Waals surface area contributed by atoms with Gasteiger partial charge in [-0.2, -0.15) is 0 Å². The highest BCUT2D eigenvalue weighted by atomic mass is 16.1. The number of benzene rings is 1. The van der Waals surface area contributed by atoms with Gasteiger partial charge < -0.3 is 5.32 Å². The fraction of sp³-hybridized carbons (Fsp3) is 0.529. The molecule has 1 aromatic rings. The van der Waals surface area contributed by atoms with Crippen molar-refractivity contribution in [1.82, 2.24) is 5.32 Å². The van der Waals surface area contributed by atoms with E-state index in [1.807, 2.05) is 18.2 Å². The molecule has 20 heavy (non-hydrogen) atoms. The first-order valence-corrected chi connectivity index (χ1v) is 7.64. The lowest BCUT2D eigenvalue weighted by atomic mass is 9.80. The third-order valence-electron chi connectivity index (χ3n) is 4.65. The van der Waals surface area contributed by atoms with E-state index in [-0.39, 0.29) is 12.0 Å². The first kappa shape index (κ1) is 13.5. The maximum Gasteiger partial charge on any atom is 0.157 e. The topological polar surface area (TPSA) is 46.2 Å². The van der Waals surface area contributed by atoms with Crippen LogP contribution in [0.5, 0.6) is 0 Å². The molecule has 0 amide bonds. The molecule has 1 fully saturated rings. The molecule has 0 saturated heterocycles. The lowest BCUT2D eigenvalue weighted by Crippen LogP contribution is -2.38. The predicted molar refractivity (Wildman–Crippen MR) is 77.9 cm³/mol. The van der Waals surface area contributed by atoms with Gasteiger partial charge in [0, 0.05) is 18.0 Å². The minimum absolute atomic E-state index is 0.164. The molecule has 1 unspecified atom stereocenters. The molecule has 0 aromatic heterocycles. The van der Waals surface area contributed by atoms with E-state index >= 15 is 0 Å². The van der Waals surface area contributed by atoms with Gasteiger partial charge in [0.25, 0.3) is 0 Å². The Balaban J connectivity index is 1.85. The first-order valence-electron chi connectivity index (χ1n) is 7.64. The van der Waals surface area contributed by atoms with Crippen LogP contribution < -0.4 is 5.32 Å². The molecule has 1 aliphatic carbocycles. The molecule has 1 heterocycles. The van der Waals surface area contributed by atoms with E-state index in [0.29, 0.717) is 11.3 Å². The van der Waals surface area contributed by atoms with Gasteiger partial charge in [-0.1, -0.05) is 31.4 Å². The zero-order valence-electron chi connectivity index (χ0n) is 11.7. The van der Waals surface area contributed by atoms with E-state index in [9.17, 15) is 9.59 Å². The van der Waals surface area contributed by atoms with Crippen LogP contribution in [0, 0.1) is 5.92 Å². The Morgan fingerprint density at radius 3 is 2.75 bits per heavy atom. The highest BCUT2D eigenvalue weighted by Crippen LogP contribution is 2.32. The number of ketones is 1. The molecule has 1 aliphatic heterocycles. The second-order valence-electron chi connectivity index (χ2n) is 5.95. The van der Waals surface area contributed by atoms with E-state index in [0.717, 1.165) is 43.2 Å². The summed E-state index contributed by atoms with van der Waals surface area (Å²) in [6.45, 7) is 0.818. The summed E-state index contributed by atoms with van der Waals surface area (Å²) in [4.78, 5) is 23.6. The second kappa shape index (κ2) is 5.88. The standard InChI is InChI=1S/C17H21NO2/c19-11-12-6-7-15-14(10-12)8-9-18-16(15)17(20)13-4-2-1-3-5-13/h6-7,10-11,13,16,18H,1-5,8-9H2. The van der Waals surface area contributed by atoms with E-state index in [1.165, 1.54) is 19.3 Å². The minimum atomic E-state index is -0.164. The van der Waals surface area contributed by atoms with Crippen LogP contribution >= 0.6 is 0 Å².